The van der Waals surface area contributed by atoms with Gasteiger partial charge in [0, 0.05) is 17.2 Å². The molecule has 0 spiro atoms. The molecule has 148 valence electrons. The molecule has 0 saturated heterocycles. The van der Waals surface area contributed by atoms with Crippen LogP contribution in [-0.4, -0.2) is 20.4 Å². The number of carbonyl (C=O) groups is 1. The SMILES string of the molecule is CCc1cc2c(=O)n(Cc3csc(N(C(C)=O)c4cccc(C)c4)n3)cnc2s1. The molecule has 0 radical (unpaired) electrons. The number of aromatic nitrogens is 3. The van der Waals surface area contributed by atoms with Crippen molar-refractivity contribution in [2.24, 2.45) is 0 Å². The molecule has 3 heterocycles. The van der Waals surface area contributed by atoms with Gasteiger partial charge in [-0.05, 0) is 37.1 Å². The Balaban J connectivity index is 1.65. The number of hydrogen-bond acceptors (Lipinski definition) is 6. The van der Waals surface area contributed by atoms with Gasteiger partial charge in [0.05, 0.1) is 29.6 Å². The highest BCUT2D eigenvalue weighted by Gasteiger charge is 2.18. The largest absolute Gasteiger partial charge is 0.293 e. The third-order valence-corrected chi connectivity index (χ3v) is 6.62. The first kappa shape index (κ1) is 19.5. The maximum atomic E-state index is 12.8. The molecule has 4 aromatic rings. The minimum Gasteiger partial charge on any atom is -0.293 e. The second kappa shape index (κ2) is 7.88. The first-order valence-electron chi connectivity index (χ1n) is 9.26. The van der Waals surface area contributed by atoms with Crippen LogP contribution in [0.3, 0.4) is 0 Å². The molecule has 1 amide bonds. The van der Waals surface area contributed by atoms with Crippen molar-refractivity contribution in [3.8, 4) is 0 Å². The lowest BCUT2D eigenvalue weighted by Gasteiger charge is -2.18. The average molecular weight is 425 g/mol. The number of rotatable bonds is 5. The van der Waals surface area contributed by atoms with Gasteiger partial charge in [0.15, 0.2) is 5.13 Å². The maximum Gasteiger partial charge on any atom is 0.262 e. The van der Waals surface area contributed by atoms with Crippen LogP contribution in [0, 0.1) is 6.92 Å². The van der Waals surface area contributed by atoms with Gasteiger partial charge in [0.1, 0.15) is 4.83 Å². The number of hydrogen-bond donors (Lipinski definition) is 0. The van der Waals surface area contributed by atoms with Gasteiger partial charge in [0.25, 0.3) is 5.56 Å². The Bertz CT molecular complexity index is 1260. The van der Waals surface area contributed by atoms with Crippen molar-refractivity contribution < 1.29 is 4.79 Å². The quantitative estimate of drug-likeness (QED) is 0.472. The Morgan fingerprint density at radius 3 is 2.83 bits per heavy atom. The Hall–Kier alpha value is -2.84. The molecule has 0 aliphatic rings. The van der Waals surface area contributed by atoms with Crippen molar-refractivity contribution in [1.29, 1.82) is 0 Å². The molecule has 0 unspecified atom stereocenters. The molecule has 0 N–H and O–H groups in total. The predicted molar refractivity (Wildman–Crippen MR) is 118 cm³/mol. The number of benzene rings is 1. The molecule has 8 heteroatoms. The van der Waals surface area contributed by atoms with Gasteiger partial charge in [-0.2, -0.15) is 0 Å². The van der Waals surface area contributed by atoms with Gasteiger partial charge >= 0.3 is 0 Å². The third-order valence-electron chi connectivity index (χ3n) is 4.56. The summed E-state index contributed by atoms with van der Waals surface area (Å²) in [6.45, 7) is 5.89. The molecule has 0 saturated carbocycles. The van der Waals surface area contributed by atoms with E-state index >= 15 is 0 Å². The van der Waals surface area contributed by atoms with Gasteiger partial charge < -0.3 is 0 Å². The topological polar surface area (TPSA) is 68.1 Å². The van der Waals surface area contributed by atoms with Crippen LogP contribution in [0.5, 0.6) is 0 Å². The fraction of sp³-hybridized carbons (Fsp3) is 0.238. The van der Waals surface area contributed by atoms with E-state index in [4.69, 9.17) is 0 Å². The maximum absolute atomic E-state index is 12.8. The molecule has 0 atom stereocenters. The van der Waals surface area contributed by atoms with E-state index in [1.54, 1.807) is 27.1 Å². The first-order valence-corrected chi connectivity index (χ1v) is 11.0. The molecule has 29 heavy (non-hydrogen) atoms. The van der Waals surface area contributed by atoms with E-state index in [9.17, 15) is 9.59 Å². The van der Waals surface area contributed by atoms with Crippen LogP contribution in [0.1, 0.15) is 30.0 Å². The number of anilines is 2. The molecule has 1 aromatic carbocycles. The minimum absolute atomic E-state index is 0.0670. The van der Waals surface area contributed by atoms with Crippen LogP contribution in [-0.2, 0) is 17.8 Å². The van der Waals surface area contributed by atoms with E-state index in [0.29, 0.717) is 17.1 Å². The molecular weight excluding hydrogens is 404 g/mol. The highest BCUT2D eigenvalue weighted by atomic mass is 32.1. The Morgan fingerprint density at radius 1 is 1.28 bits per heavy atom. The fourth-order valence-corrected chi connectivity index (χ4v) is 4.94. The van der Waals surface area contributed by atoms with Crippen molar-refractivity contribution in [2.45, 2.75) is 33.7 Å². The fourth-order valence-electron chi connectivity index (χ4n) is 3.14. The summed E-state index contributed by atoms with van der Waals surface area (Å²) in [5.41, 5.74) is 2.50. The highest BCUT2D eigenvalue weighted by Crippen LogP contribution is 2.29. The van der Waals surface area contributed by atoms with E-state index in [1.807, 2.05) is 42.6 Å². The van der Waals surface area contributed by atoms with Crippen LogP contribution >= 0.6 is 22.7 Å². The summed E-state index contributed by atoms with van der Waals surface area (Å²) in [4.78, 5) is 37.6. The number of nitrogens with zero attached hydrogens (tertiary/aromatic N) is 4. The van der Waals surface area contributed by atoms with Gasteiger partial charge in [-0.1, -0.05) is 19.1 Å². The number of fused-ring (bicyclic) bond motifs is 1. The molecule has 3 aromatic heterocycles. The summed E-state index contributed by atoms with van der Waals surface area (Å²) in [7, 11) is 0. The van der Waals surface area contributed by atoms with Crippen LogP contribution in [0.2, 0.25) is 0 Å². The van der Waals surface area contributed by atoms with Crippen molar-refractivity contribution in [3.63, 3.8) is 0 Å². The number of aryl methyl sites for hydroxylation is 2. The molecule has 0 aliphatic carbocycles. The standard InChI is InChI=1S/C21H20N4O2S2/c1-4-17-9-18-19(29-17)22-12-24(20(18)27)10-15-11-28-21(23-15)25(14(3)26)16-7-5-6-13(2)8-16/h5-9,11-12H,4,10H2,1-3H3. The third kappa shape index (κ3) is 3.86. The summed E-state index contributed by atoms with van der Waals surface area (Å²) in [5.74, 6) is -0.109. The average Bonchev–Trinajstić information content (AvgIpc) is 3.31. The highest BCUT2D eigenvalue weighted by molar-refractivity contribution is 7.18. The van der Waals surface area contributed by atoms with Gasteiger partial charge in [-0.3, -0.25) is 19.1 Å². The van der Waals surface area contributed by atoms with E-state index in [-0.39, 0.29) is 11.5 Å². The lowest BCUT2D eigenvalue weighted by Crippen LogP contribution is -2.23. The molecule has 0 fully saturated rings. The van der Waals surface area contributed by atoms with Crippen molar-refractivity contribution >= 4 is 49.6 Å². The second-order valence-corrected chi connectivity index (χ2v) is 8.73. The minimum atomic E-state index is -0.109. The lowest BCUT2D eigenvalue weighted by molar-refractivity contribution is -0.115. The number of carbonyl (C=O) groups excluding carboxylic acids is 1. The normalized spacial score (nSPS) is 11.1. The van der Waals surface area contributed by atoms with Crippen molar-refractivity contribution in [1.82, 2.24) is 14.5 Å². The van der Waals surface area contributed by atoms with Gasteiger partial charge in [-0.25, -0.2) is 9.97 Å². The summed E-state index contributed by atoms with van der Waals surface area (Å²) in [5, 5.41) is 3.11. The van der Waals surface area contributed by atoms with Crippen LogP contribution < -0.4 is 10.5 Å². The van der Waals surface area contributed by atoms with E-state index in [0.717, 1.165) is 33.1 Å². The van der Waals surface area contributed by atoms with E-state index in [1.165, 1.54) is 18.3 Å². The smallest absolute Gasteiger partial charge is 0.262 e. The molecule has 0 bridgehead atoms. The zero-order valence-corrected chi connectivity index (χ0v) is 18.0. The molecule has 6 nitrogen and oxygen atoms in total. The summed E-state index contributed by atoms with van der Waals surface area (Å²) >= 11 is 2.94. The number of thiazole rings is 1. The monoisotopic (exact) mass is 424 g/mol. The molecular formula is C21H20N4O2S2. The summed E-state index contributed by atoms with van der Waals surface area (Å²) in [6.07, 6.45) is 2.46. The van der Waals surface area contributed by atoms with Crippen molar-refractivity contribution in [3.05, 3.63) is 68.5 Å². The Labute approximate surface area is 176 Å². The number of thiophene rings is 1. The van der Waals surface area contributed by atoms with Gasteiger partial charge in [-0.15, -0.1) is 22.7 Å². The van der Waals surface area contributed by atoms with Crippen molar-refractivity contribution in [2.75, 3.05) is 4.90 Å². The Kier molecular flexibility index (Phi) is 5.29. The number of amides is 1. The molecule has 0 aliphatic heterocycles. The molecule has 4 rings (SSSR count). The summed E-state index contributed by atoms with van der Waals surface area (Å²) in [6, 6.07) is 9.67. The zero-order valence-electron chi connectivity index (χ0n) is 16.4. The zero-order chi connectivity index (χ0) is 20.5. The second-order valence-electron chi connectivity index (χ2n) is 6.78. The van der Waals surface area contributed by atoms with Gasteiger partial charge in [0.2, 0.25) is 5.91 Å². The Morgan fingerprint density at radius 2 is 2.10 bits per heavy atom. The predicted octanol–water partition coefficient (Wildman–Crippen LogP) is 4.52. The van der Waals surface area contributed by atoms with E-state index in [2.05, 4.69) is 16.9 Å². The van der Waals surface area contributed by atoms with Crippen LogP contribution in [0.4, 0.5) is 10.8 Å². The first-order chi connectivity index (χ1) is 14.0. The van der Waals surface area contributed by atoms with Crippen LogP contribution in [0.15, 0.2) is 46.8 Å². The van der Waals surface area contributed by atoms with Crippen LogP contribution in [0.25, 0.3) is 10.2 Å². The lowest BCUT2D eigenvalue weighted by atomic mass is 10.2. The van der Waals surface area contributed by atoms with E-state index < -0.39 is 0 Å². The summed E-state index contributed by atoms with van der Waals surface area (Å²) < 4.78 is 1.57.